The number of fused-ring (bicyclic) bond motifs is 1. The minimum atomic E-state index is 0.233. The first kappa shape index (κ1) is 9.28. The molecule has 0 heterocycles. The molecule has 0 aliphatic carbocycles. The fourth-order valence-corrected chi connectivity index (χ4v) is 2.37. The van der Waals surface area contributed by atoms with E-state index in [0.717, 1.165) is 14.3 Å². The number of hydrogen-bond acceptors (Lipinski definition) is 2. The Kier molecular flexibility index (Phi) is 2.30. The van der Waals surface area contributed by atoms with Gasteiger partial charge in [-0.1, -0.05) is 12.1 Å². The number of phenols is 1. The molecule has 0 unspecified atom stereocenters. The predicted molar refractivity (Wildman–Crippen MR) is 63.0 cm³/mol. The van der Waals surface area contributed by atoms with E-state index in [1.165, 1.54) is 0 Å². The molecule has 3 heteroatoms. The highest BCUT2D eigenvalue weighted by Gasteiger charge is 2.05. The van der Waals surface area contributed by atoms with Crippen molar-refractivity contribution in [1.29, 1.82) is 5.26 Å². The third kappa shape index (κ3) is 1.42. The van der Waals surface area contributed by atoms with Crippen molar-refractivity contribution < 1.29 is 5.11 Å². The average Bonchev–Trinajstić information content (AvgIpc) is 2.16. The molecule has 0 saturated carbocycles. The second-order valence-corrected chi connectivity index (χ2v) is 4.11. The van der Waals surface area contributed by atoms with E-state index in [-0.39, 0.29) is 5.75 Å². The van der Waals surface area contributed by atoms with Crippen LogP contribution in [0, 0.1) is 14.9 Å². The fraction of sp³-hybridized carbons (Fsp3) is 0. The molecule has 0 spiro atoms. The molecule has 0 fully saturated rings. The molecule has 2 rings (SSSR count). The van der Waals surface area contributed by atoms with E-state index in [1.54, 1.807) is 18.2 Å². The summed E-state index contributed by atoms with van der Waals surface area (Å²) in [6, 6.07) is 10.9. The van der Waals surface area contributed by atoms with E-state index in [0.29, 0.717) is 5.56 Å². The SMILES string of the molecule is N#Cc1cccc2cc(O)cc(I)c12. The van der Waals surface area contributed by atoms with Gasteiger partial charge in [0.25, 0.3) is 0 Å². The van der Waals surface area contributed by atoms with Crippen LogP contribution in [0.1, 0.15) is 5.56 Å². The summed E-state index contributed by atoms with van der Waals surface area (Å²) in [6.07, 6.45) is 0. The number of benzene rings is 2. The second kappa shape index (κ2) is 3.46. The number of nitrogens with zero attached hydrogens (tertiary/aromatic N) is 1. The molecule has 2 aromatic rings. The molecule has 0 aliphatic heterocycles. The Balaban J connectivity index is 2.96. The van der Waals surface area contributed by atoms with Crippen molar-refractivity contribution in [3.8, 4) is 11.8 Å². The highest BCUT2D eigenvalue weighted by Crippen LogP contribution is 2.28. The minimum absolute atomic E-state index is 0.233. The number of phenolic OH excluding ortho intramolecular Hbond substituents is 1. The molecule has 0 aliphatic rings. The molecule has 0 amide bonds. The molecule has 1 N–H and O–H groups in total. The topological polar surface area (TPSA) is 44.0 Å². The standard InChI is InChI=1S/C11H6INO/c12-10-5-9(14)4-7-2-1-3-8(6-13)11(7)10/h1-5,14H. The van der Waals surface area contributed by atoms with Gasteiger partial charge in [-0.25, -0.2) is 0 Å². The summed E-state index contributed by atoms with van der Waals surface area (Å²) in [7, 11) is 0. The first-order valence-corrected chi connectivity index (χ1v) is 5.11. The van der Waals surface area contributed by atoms with Crippen LogP contribution in [0.4, 0.5) is 0 Å². The Hall–Kier alpha value is -1.28. The summed E-state index contributed by atoms with van der Waals surface area (Å²) in [6.45, 7) is 0. The fourth-order valence-electron chi connectivity index (χ4n) is 1.45. The van der Waals surface area contributed by atoms with E-state index in [1.807, 2.05) is 12.1 Å². The number of halogens is 1. The van der Waals surface area contributed by atoms with Gasteiger partial charge in [0.15, 0.2) is 0 Å². The lowest BCUT2D eigenvalue weighted by Gasteiger charge is -2.03. The average molecular weight is 295 g/mol. The monoisotopic (exact) mass is 295 g/mol. The molecule has 0 bridgehead atoms. The van der Waals surface area contributed by atoms with Crippen LogP contribution in [-0.4, -0.2) is 5.11 Å². The Labute approximate surface area is 94.9 Å². The summed E-state index contributed by atoms with van der Waals surface area (Å²) < 4.78 is 0.898. The van der Waals surface area contributed by atoms with Crippen molar-refractivity contribution in [3.05, 3.63) is 39.5 Å². The summed E-state index contributed by atoms with van der Waals surface area (Å²) in [5, 5.41) is 20.1. The van der Waals surface area contributed by atoms with Crippen molar-refractivity contribution in [2.75, 3.05) is 0 Å². The van der Waals surface area contributed by atoms with E-state index < -0.39 is 0 Å². The maximum atomic E-state index is 9.39. The molecule has 2 aromatic carbocycles. The van der Waals surface area contributed by atoms with Crippen LogP contribution in [0.2, 0.25) is 0 Å². The van der Waals surface area contributed by atoms with Gasteiger partial charge in [0.1, 0.15) is 5.75 Å². The number of aromatic hydroxyl groups is 1. The van der Waals surface area contributed by atoms with E-state index in [9.17, 15) is 5.11 Å². The largest absolute Gasteiger partial charge is 0.508 e. The van der Waals surface area contributed by atoms with Gasteiger partial charge in [-0.05, 0) is 46.2 Å². The van der Waals surface area contributed by atoms with Gasteiger partial charge in [-0.3, -0.25) is 0 Å². The maximum Gasteiger partial charge on any atom is 0.117 e. The van der Waals surface area contributed by atoms with Crippen LogP contribution in [0.15, 0.2) is 30.3 Å². The Morgan fingerprint density at radius 1 is 1.29 bits per heavy atom. The molecule has 14 heavy (non-hydrogen) atoms. The highest BCUT2D eigenvalue weighted by atomic mass is 127. The summed E-state index contributed by atoms with van der Waals surface area (Å²) in [5.41, 5.74) is 0.645. The molecule has 2 nitrogen and oxygen atoms in total. The maximum absolute atomic E-state index is 9.39. The Morgan fingerprint density at radius 2 is 2.07 bits per heavy atom. The first-order chi connectivity index (χ1) is 6.72. The lowest BCUT2D eigenvalue weighted by Crippen LogP contribution is -1.83. The molecule has 0 aromatic heterocycles. The predicted octanol–water partition coefficient (Wildman–Crippen LogP) is 3.02. The third-order valence-corrected chi connectivity index (χ3v) is 2.88. The van der Waals surface area contributed by atoms with Gasteiger partial charge < -0.3 is 5.11 Å². The van der Waals surface area contributed by atoms with Crippen LogP contribution in [0.5, 0.6) is 5.75 Å². The highest BCUT2D eigenvalue weighted by molar-refractivity contribution is 14.1. The first-order valence-electron chi connectivity index (χ1n) is 4.03. The molecule has 0 atom stereocenters. The normalized spacial score (nSPS) is 10.0. The van der Waals surface area contributed by atoms with Crippen LogP contribution >= 0.6 is 22.6 Å². The van der Waals surface area contributed by atoms with Crippen LogP contribution < -0.4 is 0 Å². The Bertz CT molecular complexity index is 543. The summed E-state index contributed by atoms with van der Waals surface area (Å²) in [4.78, 5) is 0. The number of rotatable bonds is 0. The zero-order valence-electron chi connectivity index (χ0n) is 7.16. The number of hydrogen-bond donors (Lipinski definition) is 1. The molecular formula is C11H6INO. The van der Waals surface area contributed by atoms with Crippen molar-refractivity contribution in [3.63, 3.8) is 0 Å². The third-order valence-electron chi connectivity index (χ3n) is 2.03. The van der Waals surface area contributed by atoms with E-state index >= 15 is 0 Å². The second-order valence-electron chi connectivity index (χ2n) is 2.94. The molecular weight excluding hydrogens is 289 g/mol. The summed E-state index contributed by atoms with van der Waals surface area (Å²) in [5.74, 6) is 0.233. The van der Waals surface area contributed by atoms with Gasteiger partial charge in [0.2, 0.25) is 0 Å². The van der Waals surface area contributed by atoms with Crippen LogP contribution in [-0.2, 0) is 0 Å². The molecule has 0 saturated heterocycles. The number of nitriles is 1. The lowest BCUT2D eigenvalue weighted by molar-refractivity contribution is 0.476. The quantitative estimate of drug-likeness (QED) is 0.759. The van der Waals surface area contributed by atoms with E-state index in [2.05, 4.69) is 28.7 Å². The van der Waals surface area contributed by atoms with Gasteiger partial charge in [-0.2, -0.15) is 5.26 Å². The van der Waals surface area contributed by atoms with Crippen molar-refractivity contribution in [2.45, 2.75) is 0 Å². The van der Waals surface area contributed by atoms with Crippen molar-refractivity contribution in [2.24, 2.45) is 0 Å². The van der Waals surface area contributed by atoms with Crippen LogP contribution in [0.3, 0.4) is 0 Å². The van der Waals surface area contributed by atoms with Gasteiger partial charge in [-0.15, -0.1) is 0 Å². The van der Waals surface area contributed by atoms with Crippen LogP contribution in [0.25, 0.3) is 10.8 Å². The van der Waals surface area contributed by atoms with Gasteiger partial charge in [0, 0.05) is 8.96 Å². The van der Waals surface area contributed by atoms with Gasteiger partial charge in [0.05, 0.1) is 11.6 Å². The minimum Gasteiger partial charge on any atom is -0.508 e. The van der Waals surface area contributed by atoms with Crippen molar-refractivity contribution in [1.82, 2.24) is 0 Å². The summed E-state index contributed by atoms with van der Waals surface area (Å²) >= 11 is 2.12. The van der Waals surface area contributed by atoms with Gasteiger partial charge >= 0.3 is 0 Å². The smallest absolute Gasteiger partial charge is 0.117 e. The van der Waals surface area contributed by atoms with E-state index in [4.69, 9.17) is 5.26 Å². The van der Waals surface area contributed by atoms with Crippen molar-refractivity contribution >= 4 is 33.4 Å². The molecule has 68 valence electrons. The molecule has 0 radical (unpaired) electrons. The zero-order chi connectivity index (χ0) is 10.1. The Morgan fingerprint density at radius 3 is 2.79 bits per heavy atom. The zero-order valence-corrected chi connectivity index (χ0v) is 9.32. The lowest BCUT2D eigenvalue weighted by atomic mass is 10.1.